The molecule has 2 rings (SSSR count). The third-order valence-electron chi connectivity index (χ3n) is 2.41. The van der Waals surface area contributed by atoms with Crippen molar-refractivity contribution in [2.75, 3.05) is 13.2 Å². The van der Waals surface area contributed by atoms with Gasteiger partial charge in [0.2, 0.25) is 0 Å². The van der Waals surface area contributed by atoms with Crippen LogP contribution in [0.15, 0.2) is 18.3 Å². The maximum Gasteiger partial charge on any atom is 0.0864 e. The van der Waals surface area contributed by atoms with Gasteiger partial charge in [0, 0.05) is 17.8 Å². The standard InChI is InChI=1S/C10H13NO2/c1-7-2-3-8(4-11-7)9-5-13-6-10(9)12/h2-4,9-10,12H,5-6H2,1H3/t9-,10+/m0/s1. The summed E-state index contributed by atoms with van der Waals surface area (Å²) in [6.07, 6.45) is 1.45. The molecule has 0 bridgehead atoms. The SMILES string of the molecule is Cc1ccc([C@@H]2COC[C@H]2O)cn1. The molecule has 0 saturated carbocycles. The summed E-state index contributed by atoms with van der Waals surface area (Å²) < 4.78 is 5.18. The maximum atomic E-state index is 9.56. The first kappa shape index (κ1) is 8.66. The molecule has 0 amide bonds. The summed E-state index contributed by atoms with van der Waals surface area (Å²) in [6, 6.07) is 3.96. The molecule has 0 aromatic carbocycles. The lowest BCUT2D eigenvalue weighted by atomic mass is 9.98. The number of rotatable bonds is 1. The van der Waals surface area contributed by atoms with Gasteiger partial charge in [0.1, 0.15) is 0 Å². The number of aryl methyl sites for hydroxylation is 1. The van der Waals surface area contributed by atoms with Crippen LogP contribution in [-0.2, 0) is 4.74 Å². The molecule has 2 atom stereocenters. The molecule has 13 heavy (non-hydrogen) atoms. The zero-order valence-corrected chi connectivity index (χ0v) is 7.60. The zero-order chi connectivity index (χ0) is 9.26. The highest BCUT2D eigenvalue weighted by Gasteiger charge is 2.27. The number of aliphatic hydroxyl groups excluding tert-OH is 1. The molecule has 1 aromatic heterocycles. The van der Waals surface area contributed by atoms with Gasteiger partial charge in [-0.15, -0.1) is 0 Å². The molecular formula is C10H13NO2. The van der Waals surface area contributed by atoms with Crippen molar-refractivity contribution in [2.24, 2.45) is 0 Å². The topological polar surface area (TPSA) is 42.4 Å². The highest BCUT2D eigenvalue weighted by molar-refractivity contribution is 5.20. The Balaban J connectivity index is 2.20. The van der Waals surface area contributed by atoms with Crippen molar-refractivity contribution < 1.29 is 9.84 Å². The van der Waals surface area contributed by atoms with Crippen molar-refractivity contribution in [2.45, 2.75) is 18.9 Å². The molecule has 1 aromatic rings. The van der Waals surface area contributed by atoms with E-state index in [0.29, 0.717) is 13.2 Å². The lowest BCUT2D eigenvalue weighted by Gasteiger charge is -2.11. The molecule has 1 aliphatic rings. The molecule has 70 valence electrons. The highest BCUT2D eigenvalue weighted by atomic mass is 16.5. The lowest BCUT2D eigenvalue weighted by molar-refractivity contribution is 0.124. The summed E-state index contributed by atoms with van der Waals surface area (Å²) in [5.41, 5.74) is 2.06. The molecule has 1 fully saturated rings. The largest absolute Gasteiger partial charge is 0.390 e. The number of hydrogen-bond acceptors (Lipinski definition) is 3. The van der Waals surface area contributed by atoms with E-state index in [-0.39, 0.29) is 12.0 Å². The van der Waals surface area contributed by atoms with Gasteiger partial charge in [0.25, 0.3) is 0 Å². The second-order valence-electron chi connectivity index (χ2n) is 3.44. The fraction of sp³-hybridized carbons (Fsp3) is 0.500. The van der Waals surface area contributed by atoms with E-state index >= 15 is 0 Å². The average Bonchev–Trinajstić information content (AvgIpc) is 2.53. The molecule has 0 spiro atoms. The predicted octanol–water partition coefficient (Wildman–Crippen LogP) is 0.865. The second-order valence-corrected chi connectivity index (χ2v) is 3.44. The van der Waals surface area contributed by atoms with Crippen LogP contribution >= 0.6 is 0 Å². The Bertz CT molecular complexity index is 283. The van der Waals surface area contributed by atoms with Crippen molar-refractivity contribution >= 4 is 0 Å². The van der Waals surface area contributed by atoms with E-state index in [4.69, 9.17) is 4.74 Å². The Morgan fingerprint density at radius 3 is 2.85 bits per heavy atom. The van der Waals surface area contributed by atoms with Gasteiger partial charge in [0.15, 0.2) is 0 Å². The summed E-state index contributed by atoms with van der Waals surface area (Å²) in [5, 5.41) is 9.56. The molecule has 0 unspecified atom stereocenters. The van der Waals surface area contributed by atoms with E-state index in [1.807, 2.05) is 25.3 Å². The molecule has 1 N–H and O–H groups in total. The summed E-state index contributed by atoms with van der Waals surface area (Å²) in [7, 11) is 0. The first-order valence-electron chi connectivity index (χ1n) is 4.46. The number of hydrogen-bond donors (Lipinski definition) is 1. The van der Waals surface area contributed by atoms with Gasteiger partial charge < -0.3 is 9.84 Å². The molecule has 3 nitrogen and oxygen atoms in total. The molecule has 3 heteroatoms. The van der Waals surface area contributed by atoms with Crippen LogP contribution in [0.3, 0.4) is 0 Å². The highest BCUT2D eigenvalue weighted by Crippen LogP contribution is 2.24. The minimum atomic E-state index is -0.371. The summed E-state index contributed by atoms with van der Waals surface area (Å²) in [6.45, 7) is 3.00. The maximum absolute atomic E-state index is 9.56. The van der Waals surface area contributed by atoms with Gasteiger partial charge in [-0.1, -0.05) is 6.07 Å². The van der Waals surface area contributed by atoms with Crippen LogP contribution in [-0.4, -0.2) is 29.4 Å². The van der Waals surface area contributed by atoms with Crippen LogP contribution in [0.2, 0.25) is 0 Å². The monoisotopic (exact) mass is 179 g/mol. The molecule has 1 saturated heterocycles. The van der Waals surface area contributed by atoms with Crippen molar-refractivity contribution in [3.05, 3.63) is 29.6 Å². The number of aromatic nitrogens is 1. The van der Waals surface area contributed by atoms with Crippen molar-refractivity contribution in [1.82, 2.24) is 4.98 Å². The molecule has 0 radical (unpaired) electrons. The summed E-state index contributed by atoms with van der Waals surface area (Å²) >= 11 is 0. The minimum Gasteiger partial charge on any atom is -0.390 e. The molecule has 1 aliphatic heterocycles. The number of aliphatic hydroxyl groups is 1. The Morgan fingerprint density at radius 2 is 2.31 bits per heavy atom. The fourth-order valence-electron chi connectivity index (χ4n) is 1.56. The van der Waals surface area contributed by atoms with Gasteiger partial charge in [-0.2, -0.15) is 0 Å². The molecule has 2 heterocycles. The van der Waals surface area contributed by atoms with Crippen LogP contribution in [0.5, 0.6) is 0 Å². The summed E-state index contributed by atoms with van der Waals surface area (Å²) in [5.74, 6) is 0.105. The lowest BCUT2D eigenvalue weighted by Crippen LogP contribution is -2.15. The van der Waals surface area contributed by atoms with Crippen LogP contribution in [0, 0.1) is 6.92 Å². The average molecular weight is 179 g/mol. The van der Waals surface area contributed by atoms with Gasteiger partial charge in [0.05, 0.1) is 19.3 Å². The Hall–Kier alpha value is -0.930. The Labute approximate surface area is 77.4 Å². The van der Waals surface area contributed by atoms with Crippen LogP contribution < -0.4 is 0 Å². The van der Waals surface area contributed by atoms with E-state index < -0.39 is 0 Å². The van der Waals surface area contributed by atoms with Crippen LogP contribution in [0.4, 0.5) is 0 Å². The van der Waals surface area contributed by atoms with Crippen molar-refractivity contribution in [3.8, 4) is 0 Å². The Morgan fingerprint density at radius 1 is 1.46 bits per heavy atom. The number of pyridine rings is 1. The number of nitrogens with zero attached hydrogens (tertiary/aromatic N) is 1. The summed E-state index contributed by atoms with van der Waals surface area (Å²) in [4.78, 5) is 4.19. The van der Waals surface area contributed by atoms with Gasteiger partial charge in [-0.05, 0) is 18.6 Å². The third-order valence-corrected chi connectivity index (χ3v) is 2.41. The van der Waals surface area contributed by atoms with Gasteiger partial charge in [-0.3, -0.25) is 4.98 Å². The normalized spacial score (nSPS) is 27.8. The van der Waals surface area contributed by atoms with E-state index in [1.54, 1.807) is 0 Å². The van der Waals surface area contributed by atoms with Crippen molar-refractivity contribution in [3.63, 3.8) is 0 Å². The van der Waals surface area contributed by atoms with Crippen LogP contribution in [0.25, 0.3) is 0 Å². The predicted molar refractivity (Wildman–Crippen MR) is 48.5 cm³/mol. The smallest absolute Gasteiger partial charge is 0.0864 e. The minimum absolute atomic E-state index is 0.105. The third kappa shape index (κ3) is 1.71. The van der Waals surface area contributed by atoms with E-state index in [2.05, 4.69) is 4.98 Å². The number of ether oxygens (including phenoxy) is 1. The van der Waals surface area contributed by atoms with Crippen LogP contribution in [0.1, 0.15) is 17.2 Å². The zero-order valence-electron chi connectivity index (χ0n) is 7.60. The second kappa shape index (κ2) is 3.44. The first-order valence-corrected chi connectivity index (χ1v) is 4.46. The Kier molecular flexibility index (Phi) is 2.29. The van der Waals surface area contributed by atoms with Gasteiger partial charge >= 0.3 is 0 Å². The first-order chi connectivity index (χ1) is 6.27. The van der Waals surface area contributed by atoms with E-state index in [0.717, 1.165) is 11.3 Å². The van der Waals surface area contributed by atoms with E-state index in [1.165, 1.54) is 0 Å². The van der Waals surface area contributed by atoms with Gasteiger partial charge in [-0.25, -0.2) is 0 Å². The van der Waals surface area contributed by atoms with E-state index in [9.17, 15) is 5.11 Å². The van der Waals surface area contributed by atoms with Crippen molar-refractivity contribution in [1.29, 1.82) is 0 Å². The fourth-order valence-corrected chi connectivity index (χ4v) is 1.56. The molecule has 0 aliphatic carbocycles. The quantitative estimate of drug-likeness (QED) is 0.695. The molecular weight excluding hydrogens is 166 g/mol.